The Morgan fingerprint density at radius 3 is 2.38 bits per heavy atom. The van der Waals surface area contributed by atoms with E-state index in [-0.39, 0.29) is 6.42 Å². The van der Waals surface area contributed by atoms with Gasteiger partial charge in [0.25, 0.3) is 0 Å². The van der Waals surface area contributed by atoms with Gasteiger partial charge in [0.1, 0.15) is 0 Å². The van der Waals surface area contributed by atoms with Crippen LogP contribution in [0.25, 0.3) is 0 Å². The highest BCUT2D eigenvalue weighted by molar-refractivity contribution is 5.33. The normalized spacial score (nSPS) is 22.6. The van der Waals surface area contributed by atoms with Crippen LogP contribution in [-0.4, -0.2) is 6.43 Å². The van der Waals surface area contributed by atoms with Gasteiger partial charge in [0.05, 0.1) is 11.6 Å². The molecule has 0 saturated heterocycles. The second-order valence-corrected chi connectivity index (χ2v) is 5.74. The Bertz CT molecular complexity index is 491. The highest BCUT2D eigenvalue weighted by Gasteiger charge is 2.20. The number of hydrogen-bond acceptors (Lipinski definition) is 1. The fraction of sp³-hybridized carbons (Fsp3) is 0.500. The summed E-state index contributed by atoms with van der Waals surface area (Å²) >= 11 is 0. The summed E-state index contributed by atoms with van der Waals surface area (Å²) in [5, 5.41) is 8.81. The fourth-order valence-corrected chi connectivity index (χ4v) is 2.99. The molecule has 1 nitrogen and oxygen atoms in total. The molecular formula is C18H21F2N. The van der Waals surface area contributed by atoms with Crippen molar-refractivity contribution in [3.63, 3.8) is 0 Å². The molecule has 1 aliphatic rings. The van der Waals surface area contributed by atoms with Crippen molar-refractivity contribution in [2.24, 2.45) is 5.92 Å². The number of hydrogen-bond donors (Lipinski definition) is 0. The first kappa shape index (κ1) is 15.7. The maximum Gasteiger partial charge on any atom is 0.238 e. The Labute approximate surface area is 125 Å². The molecule has 0 bridgehead atoms. The topological polar surface area (TPSA) is 23.8 Å². The first-order valence-electron chi connectivity index (χ1n) is 7.64. The van der Waals surface area contributed by atoms with Crippen molar-refractivity contribution in [3.05, 3.63) is 47.5 Å². The summed E-state index contributed by atoms with van der Waals surface area (Å²) < 4.78 is 24.1. The van der Waals surface area contributed by atoms with Gasteiger partial charge in [-0.3, -0.25) is 0 Å². The quantitative estimate of drug-likeness (QED) is 0.663. The van der Waals surface area contributed by atoms with Crippen LogP contribution in [0.2, 0.25) is 0 Å². The van der Waals surface area contributed by atoms with Crippen molar-refractivity contribution < 1.29 is 8.78 Å². The van der Waals surface area contributed by atoms with Gasteiger partial charge < -0.3 is 0 Å². The molecular weight excluding hydrogens is 268 g/mol. The zero-order valence-electron chi connectivity index (χ0n) is 12.1. The lowest BCUT2D eigenvalue weighted by Crippen LogP contribution is -2.11. The summed E-state index contributed by atoms with van der Waals surface area (Å²) in [6, 6.07) is 10.0. The zero-order chi connectivity index (χ0) is 15.1. The number of benzene rings is 1. The third kappa shape index (κ3) is 4.97. The molecule has 1 saturated carbocycles. The van der Waals surface area contributed by atoms with Crippen LogP contribution < -0.4 is 0 Å². The van der Waals surface area contributed by atoms with Gasteiger partial charge in [-0.1, -0.05) is 24.3 Å². The molecule has 0 atom stereocenters. The van der Waals surface area contributed by atoms with Gasteiger partial charge in [-0.2, -0.15) is 5.26 Å². The number of alkyl halides is 2. The molecule has 21 heavy (non-hydrogen) atoms. The summed E-state index contributed by atoms with van der Waals surface area (Å²) in [4.78, 5) is 0. The monoisotopic (exact) mass is 289 g/mol. The van der Waals surface area contributed by atoms with Crippen LogP contribution in [0.3, 0.4) is 0 Å². The Hall–Kier alpha value is -1.69. The van der Waals surface area contributed by atoms with E-state index < -0.39 is 6.43 Å². The number of allylic oxidation sites excluding steroid dienone is 2. The molecule has 0 radical (unpaired) electrons. The molecule has 112 valence electrons. The van der Waals surface area contributed by atoms with Crippen LogP contribution >= 0.6 is 0 Å². The predicted octanol–water partition coefficient (Wildman–Crippen LogP) is 5.43. The Morgan fingerprint density at radius 2 is 1.81 bits per heavy atom. The maximum absolute atomic E-state index is 12.0. The van der Waals surface area contributed by atoms with E-state index in [1.807, 2.05) is 18.2 Å². The molecule has 0 amide bonds. The van der Waals surface area contributed by atoms with Crippen molar-refractivity contribution in [1.82, 2.24) is 0 Å². The molecule has 0 aromatic heterocycles. The number of halogens is 2. The summed E-state index contributed by atoms with van der Waals surface area (Å²) in [6.45, 7) is 0. The van der Waals surface area contributed by atoms with Gasteiger partial charge in [0.15, 0.2) is 0 Å². The minimum absolute atomic E-state index is 0.0307. The number of nitriles is 1. The Kier molecular flexibility index (Phi) is 5.92. The van der Waals surface area contributed by atoms with Crippen molar-refractivity contribution in [1.29, 1.82) is 5.26 Å². The second kappa shape index (κ2) is 7.93. The minimum Gasteiger partial charge on any atom is -0.211 e. The van der Waals surface area contributed by atoms with E-state index in [1.54, 1.807) is 0 Å². The average molecular weight is 289 g/mol. The van der Waals surface area contributed by atoms with E-state index >= 15 is 0 Å². The third-order valence-corrected chi connectivity index (χ3v) is 4.24. The number of nitrogens with zero attached hydrogens (tertiary/aromatic N) is 1. The van der Waals surface area contributed by atoms with Crippen LogP contribution in [-0.2, 0) is 0 Å². The zero-order valence-corrected chi connectivity index (χ0v) is 12.1. The Morgan fingerprint density at radius 1 is 1.14 bits per heavy atom. The lowest BCUT2D eigenvalue weighted by molar-refractivity contribution is 0.139. The fourth-order valence-electron chi connectivity index (χ4n) is 2.99. The summed E-state index contributed by atoms with van der Waals surface area (Å²) in [7, 11) is 0. The molecule has 0 heterocycles. The first-order chi connectivity index (χ1) is 10.2. The molecule has 1 fully saturated rings. The standard InChI is InChI=1S/C18H21F2N/c19-18(20)4-2-1-3-14-5-9-16(10-6-14)17-11-7-15(13-21)8-12-17/h1,3,7-8,11-12,14,16,18H,2,4-6,9-10H2/b3-1+. The molecule has 3 heteroatoms. The SMILES string of the molecule is N#Cc1ccc(C2CCC(/C=C/CCC(F)F)CC2)cc1. The van der Waals surface area contributed by atoms with Gasteiger partial charge in [0.2, 0.25) is 6.43 Å². The molecule has 0 unspecified atom stereocenters. The van der Waals surface area contributed by atoms with E-state index in [9.17, 15) is 8.78 Å². The maximum atomic E-state index is 12.0. The highest BCUT2D eigenvalue weighted by atomic mass is 19.3. The van der Waals surface area contributed by atoms with Gasteiger partial charge in [-0.15, -0.1) is 0 Å². The molecule has 2 rings (SSSR count). The van der Waals surface area contributed by atoms with E-state index in [2.05, 4.69) is 24.3 Å². The van der Waals surface area contributed by atoms with Gasteiger partial charge >= 0.3 is 0 Å². The number of rotatable bonds is 5. The Balaban J connectivity index is 1.78. The predicted molar refractivity (Wildman–Crippen MR) is 80.2 cm³/mol. The summed E-state index contributed by atoms with van der Waals surface area (Å²) in [5.74, 6) is 1.11. The van der Waals surface area contributed by atoms with Gasteiger partial charge in [-0.25, -0.2) is 8.78 Å². The van der Waals surface area contributed by atoms with Crippen LogP contribution in [0.15, 0.2) is 36.4 Å². The van der Waals surface area contributed by atoms with Crippen molar-refractivity contribution in [2.45, 2.75) is 50.9 Å². The molecule has 1 aromatic rings. The molecule has 0 aliphatic heterocycles. The van der Waals surface area contributed by atoms with Crippen LogP contribution in [0.1, 0.15) is 55.6 Å². The van der Waals surface area contributed by atoms with Crippen LogP contribution in [0, 0.1) is 17.2 Å². The van der Waals surface area contributed by atoms with Crippen molar-refractivity contribution >= 4 is 0 Å². The molecule has 1 aliphatic carbocycles. The molecule has 0 N–H and O–H groups in total. The van der Waals surface area contributed by atoms with E-state index in [1.165, 1.54) is 5.56 Å². The minimum atomic E-state index is -2.19. The summed E-state index contributed by atoms with van der Waals surface area (Å²) in [5.41, 5.74) is 2.02. The highest BCUT2D eigenvalue weighted by Crippen LogP contribution is 2.36. The second-order valence-electron chi connectivity index (χ2n) is 5.74. The summed E-state index contributed by atoms with van der Waals surface area (Å²) in [6.07, 6.45) is 6.80. The lowest BCUT2D eigenvalue weighted by atomic mass is 9.78. The van der Waals surface area contributed by atoms with Crippen molar-refractivity contribution in [3.8, 4) is 6.07 Å². The first-order valence-corrected chi connectivity index (χ1v) is 7.64. The molecule has 0 spiro atoms. The van der Waals surface area contributed by atoms with E-state index in [0.29, 0.717) is 23.8 Å². The third-order valence-electron chi connectivity index (χ3n) is 4.24. The van der Waals surface area contributed by atoms with Gasteiger partial charge in [-0.05, 0) is 61.6 Å². The van der Waals surface area contributed by atoms with E-state index in [0.717, 1.165) is 25.7 Å². The smallest absolute Gasteiger partial charge is 0.211 e. The van der Waals surface area contributed by atoms with Gasteiger partial charge in [0, 0.05) is 6.42 Å². The lowest BCUT2D eigenvalue weighted by Gasteiger charge is -2.27. The van der Waals surface area contributed by atoms with Crippen LogP contribution in [0.4, 0.5) is 8.78 Å². The van der Waals surface area contributed by atoms with Crippen molar-refractivity contribution in [2.75, 3.05) is 0 Å². The largest absolute Gasteiger partial charge is 0.238 e. The van der Waals surface area contributed by atoms with Crippen LogP contribution in [0.5, 0.6) is 0 Å². The average Bonchev–Trinajstić information content (AvgIpc) is 2.52. The molecule has 1 aromatic carbocycles. The van der Waals surface area contributed by atoms with E-state index in [4.69, 9.17) is 5.26 Å².